The van der Waals surface area contributed by atoms with Crippen LogP contribution in [0.3, 0.4) is 0 Å². The van der Waals surface area contributed by atoms with E-state index in [0.29, 0.717) is 18.0 Å². The molecule has 45 heavy (non-hydrogen) atoms. The smallest absolute Gasteiger partial charge is 0.230 e. The van der Waals surface area contributed by atoms with Crippen LogP contribution >= 0.6 is 0 Å². The van der Waals surface area contributed by atoms with Crippen LogP contribution in [0.1, 0.15) is 158 Å². The molecule has 3 heterocycles. The second-order valence-electron chi connectivity index (χ2n) is 19.3. The van der Waals surface area contributed by atoms with E-state index in [1.54, 1.807) is 0 Å². The van der Waals surface area contributed by atoms with Gasteiger partial charge in [-0.2, -0.15) is 15.0 Å². The molecule has 2 saturated heterocycles. The quantitative estimate of drug-likeness (QED) is 0.187. The summed E-state index contributed by atoms with van der Waals surface area (Å²) in [6.07, 6.45) is 10.4. The van der Waals surface area contributed by atoms with Gasteiger partial charge >= 0.3 is 0 Å². The molecule has 2 aliphatic heterocycles. The Kier molecular flexibility index (Phi) is 11.7. The minimum absolute atomic E-state index is 0. The average Bonchev–Trinajstić information content (AvgIpc) is 2.76. The Morgan fingerprint density at radius 1 is 0.711 bits per heavy atom. The van der Waals surface area contributed by atoms with E-state index in [4.69, 9.17) is 15.0 Å². The zero-order valence-corrected chi connectivity index (χ0v) is 32.2. The zero-order chi connectivity index (χ0) is 34.1. The zero-order valence-electron chi connectivity index (χ0n) is 32.2. The fraction of sp³-hybridized carbons (Fsp3) is 0.919. The van der Waals surface area contributed by atoms with Crippen LogP contribution in [0.2, 0.25) is 0 Å². The lowest BCUT2D eigenvalue weighted by Gasteiger charge is -2.49. The van der Waals surface area contributed by atoms with Crippen molar-refractivity contribution in [3.05, 3.63) is 5.82 Å². The Hall–Kier alpha value is -1.51. The molecule has 2 aliphatic rings. The molecule has 266 valence electrons. The van der Waals surface area contributed by atoms with E-state index in [2.05, 4.69) is 123 Å². The monoisotopic (exact) mass is 635 g/mol. The van der Waals surface area contributed by atoms with Gasteiger partial charge in [0.15, 0.2) is 0 Å². The number of hydrogen-bond donors (Lipinski definition) is 3. The molecule has 0 amide bonds. The summed E-state index contributed by atoms with van der Waals surface area (Å²) in [4.78, 5) is 19.9. The minimum Gasteiger partial charge on any atom is -0.349 e. The first kappa shape index (κ1) is 37.9. The van der Waals surface area contributed by atoms with Crippen molar-refractivity contribution < 1.29 is 4.28 Å². The van der Waals surface area contributed by atoms with E-state index in [1.807, 2.05) is 6.92 Å². The van der Waals surface area contributed by atoms with E-state index >= 15 is 0 Å². The summed E-state index contributed by atoms with van der Waals surface area (Å²) in [5.74, 6) is 2.29. The van der Waals surface area contributed by atoms with Gasteiger partial charge in [-0.25, -0.2) is 0 Å². The molecule has 2 fully saturated rings. The molecule has 0 spiro atoms. The summed E-state index contributed by atoms with van der Waals surface area (Å²) in [6, 6.07) is 1.01. The van der Waals surface area contributed by atoms with Gasteiger partial charge in [-0.3, -0.25) is 0 Å². The van der Waals surface area contributed by atoms with Gasteiger partial charge in [0.05, 0.1) is 0 Å². The summed E-state index contributed by atoms with van der Waals surface area (Å²) >= 11 is 0. The molecular weight excluding hydrogens is 556 g/mol. The number of nitrogens with zero attached hydrogens (tertiary/aromatic N) is 5. The van der Waals surface area contributed by atoms with E-state index in [0.717, 1.165) is 44.0 Å². The molecule has 0 aromatic carbocycles. The molecule has 8 nitrogen and oxygen atoms in total. The average molecular weight is 635 g/mol. The number of unbranched alkanes of at least 4 members (excludes halogenated alkanes) is 3. The van der Waals surface area contributed by atoms with Crippen molar-refractivity contribution in [2.45, 2.75) is 194 Å². The third-order valence-corrected chi connectivity index (χ3v) is 9.48. The molecule has 0 aliphatic carbocycles. The number of hydrogen-bond acceptors (Lipinski definition) is 8. The van der Waals surface area contributed by atoms with Gasteiger partial charge in [0, 0.05) is 50.6 Å². The standard InChI is InChI=1S/C37H72N8.3H2/c1-27-38-30(41-37(13,14)26-32(2,3)4)40-31(39-27)45(29-24-35(9,10)43-36(11,12)25-29)21-19-17-16-18-20-44(15)28-22-33(5,6)42-34(7,8)23-28;;;/h28-29,42-43H,16-26H2,1-15H3,(H,38,39,40,41);3*1H. The van der Waals surface area contributed by atoms with Gasteiger partial charge < -0.3 is 25.8 Å². The number of aryl methyl sites for hydroxylation is 1. The molecule has 0 atom stereocenters. The first-order chi connectivity index (χ1) is 20.4. The Bertz CT molecular complexity index is 1080. The first-order valence-electron chi connectivity index (χ1n) is 17.9. The van der Waals surface area contributed by atoms with Crippen LogP contribution in [0.15, 0.2) is 0 Å². The fourth-order valence-corrected chi connectivity index (χ4v) is 9.02. The number of anilines is 2. The Balaban J connectivity index is 0.00000736. The van der Waals surface area contributed by atoms with E-state index in [-0.39, 0.29) is 37.4 Å². The third-order valence-electron chi connectivity index (χ3n) is 9.48. The lowest BCUT2D eigenvalue weighted by atomic mass is 9.79. The van der Waals surface area contributed by atoms with Crippen molar-refractivity contribution >= 4 is 11.9 Å². The predicted molar refractivity (Wildman–Crippen MR) is 200 cm³/mol. The third kappa shape index (κ3) is 12.6. The molecular formula is C37H78N8. The summed E-state index contributed by atoms with van der Waals surface area (Å²) in [5.41, 5.74) is 0.546. The molecule has 1 aromatic rings. The highest BCUT2D eigenvalue weighted by molar-refractivity contribution is 5.40. The largest absolute Gasteiger partial charge is 0.349 e. The van der Waals surface area contributed by atoms with Gasteiger partial charge in [-0.1, -0.05) is 33.6 Å². The molecule has 0 bridgehead atoms. The fourth-order valence-electron chi connectivity index (χ4n) is 9.02. The Morgan fingerprint density at radius 3 is 1.67 bits per heavy atom. The van der Waals surface area contributed by atoms with Crippen molar-refractivity contribution in [3.63, 3.8) is 0 Å². The van der Waals surface area contributed by atoms with Crippen molar-refractivity contribution in [2.75, 3.05) is 30.4 Å². The van der Waals surface area contributed by atoms with Crippen molar-refractivity contribution in [2.24, 2.45) is 5.41 Å². The molecule has 3 rings (SSSR count). The summed E-state index contributed by atoms with van der Waals surface area (Å²) in [6.45, 7) is 34.2. The maximum atomic E-state index is 5.09. The van der Waals surface area contributed by atoms with Gasteiger partial charge in [0.25, 0.3) is 0 Å². The van der Waals surface area contributed by atoms with Crippen LogP contribution in [0.5, 0.6) is 0 Å². The van der Waals surface area contributed by atoms with Crippen LogP contribution in [0, 0.1) is 12.3 Å². The maximum Gasteiger partial charge on any atom is 0.230 e. The molecule has 8 heteroatoms. The minimum atomic E-state index is -0.125. The van der Waals surface area contributed by atoms with Crippen molar-refractivity contribution in [1.29, 1.82) is 0 Å². The lowest BCUT2D eigenvalue weighted by Crippen LogP contribution is -2.62. The maximum absolute atomic E-state index is 5.09. The van der Waals surface area contributed by atoms with Gasteiger partial charge in [0.1, 0.15) is 5.82 Å². The highest BCUT2D eigenvalue weighted by Gasteiger charge is 2.41. The van der Waals surface area contributed by atoms with E-state index < -0.39 is 0 Å². The number of aromatic nitrogens is 3. The van der Waals surface area contributed by atoms with E-state index in [9.17, 15) is 0 Å². The highest BCUT2D eigenvalue weighted by atomic mass is 15.3. The van der Waals surface area contributed by atoms with E-state index in [1.165, 1.54) is 38.6 Å². The molecule has 0 saturated carbocycles. The molecule has 1 aromatic heterocycles. The van der Waals surface area contributed by atoms with Crippen molar-refractivity contribution in [3.8, 4) is 0 Å². The Labute approximate surface area is 282 Å². The topological polar surface area (TPSA) is 81.2 Å². The normalized spacial score (nSPS) is 22.0. The second-order valence-corrected chi connectivity index (χ2v) is 19.3. The van der Waals surface area contributed by atoms with Crippen LogP contribution in [-0.4, -0.2) is 79.8 Å². The predicted octanol–water partition coefficient (Wildman–Crippen LogP) is 8.46. The first-order valence-corrected chi connectivity index (χ1v) is 17.9. The number of nitrogens with one attached hydrogen (secondary N) is 3. The number of piperidine rings is 2. The van der Waals surface area contributed by atoms with Gasteiger partial charge in [-0.15, -0.1) is 0 Å². The van der Waals surface area contributed by atoms with Gasteiger partial charge in [-0.05, 0) is 140 Å². The van der Waals surface area contributed by atoms with Crippen LogP contribution in [0.25, 0.3) is 0 Å². The van der Waals surface area contributed by atoms with Crippen LogP contribution < -0.4 is 20.9 Å². The lowest BCUT2D eigenvalue weighted by molar-refractivity contribution is 0.0805. The second kappa shape index (κ2) is 13.9. The van der Waals surface area contributed by atoms with Crippen LogP contribution in [0.4, 0.5) is 11.9 Å². The van der Waals surface area contributed by atoms with Crippen LogP contribution in [-0.2, 0) is 0 Å². The SMILES string of the molecule is Cc1nc(NC(C)(C)CC(C)(C)C)nc(N(CCCCCCN(C)C2CC(C)(C)NC(C)(C)C2)C2CC(C)(C)NC(C)(C)C2)n1.[HH].[HH].[HH]. The van der Waals surface area contributed by atoms with Gasteiger partial charge in [0.2, 0.25) is 11.9 Å². The summed E-state index contributed by atoms with van der Waals surface area (Å²) in [5, 5.41) is 11.4. The Morgan fingerprint density at radius 2 is 1.18 bits per heavy atom. The van der Waals surface area contributed by atoms with Crippen molar-refractivity contribution in [1.82, 2.24) is 30.5 Å². The summed E-state index contributed by atoms with van der Waals surface area (Å²) < 4.78 is 0. The molecule has 3 N–H and O–H groups in total. The highest BCUT2D eigenvalue weighted by Crippen LogP contribution is 2.35. The summed E-state index contributed by atoms with van der Waals surface area (Å²) in [7, 11) is 2.34. The molecule has 0 unspecified atom stereocenters. The number of rotatable bonds is 13. The molecule has 0 radical (unpaired) electrons.